The molecular weight excluding hydrogens is 366 g/mol. The fraction of sp³-hybridized carbons (Fsp3) is 0.368. The van der Waals surface area contributed by atoms with Crippen LogP contribution in [0.3, 0.4) is 0 Å². The molecule has 1 amide bonds. The van der Waals surface area contributed by atoms with Gasteiger partial charge >= 0.3 is 0 Å². The monoisotopic (exact) mass is 385 g/mol. The molecule has 3 heterocycles. The van der Waals surface area contributed by atoms with Gasteiger partial charge in [-0.3, -0.25) is 9.78 Å². The highest BCUT2D eigenvalue weighted by Crippen LogP contribution is 2.29. The second-order valence-electron chi connectivity index (χ2n) is 6.71. The maximum Gasteiger partial charge on any atom is 0.272 e. The highest BCUT2D eigenvalue weighted by molar-refractivity contribution is 6.31. The number of ether oxygens (including phenoxy) is 1. The van der Waals surface area contributed by atoms with Crippen LogP contribution in [0.25, 0.3) is 11.0 Å². The predicted molar refractivity (Wildman–Crippen MR) is 102 cm³/mol. The SMILES string of the molecule is Cc1cnc(C(=O)N[C@H](c2nc3cc(Cl)ccc3n2C)[C@@H]2CCCO2)cn1. The Morgan fingerprint density at radius 3 is 2.93 bits per heavy atom. The molecule has 27 heavy (non-hydrogen) atoms. The molecule has 0 saturated carbocycles. The molecule has 0 aliphatic carbocycles. The first kappa shape index (κ1) is 17.9. The summed E-state index contributed by atoms with van der Waals surface area (Å²) in [6, 6.07) is 5.18. The Bertz CT molecular complexity index is 980. The van der Waals surface area contributed by atoms with Gasteiger partial charge in [0.1, 0.15) is 17.6 Å². The molecule has 1 N–H and O–H groups in total. The van der Waals surface area contributed by atoms with E-state index in [0.717, 1.165) is 35.4 Å². The van der Waals surface area contributed by atoms with Gasteiger partial charge in [-0.1, -0.05) is 11.6 Å². The van der Waals surface area contributed by atoms with Crippen molar-refractivity contribution in [1.82, 2.24) is 24.8 Å². The molecule has 1 aliphatic heterocycles. The number of aromatic nitrogens is 4. The standard InChI is InChI=1S/C19H20ClN5O2/c1-11-9-22-14(10-21-11)19(26)24-17(16-4-3-7-27-16)18-23-13-8-12(20)5-6-15(13)25(18)2/h5-6,8-10,16-17H,3-4,7H2,1-2H3,(H,24,26)/t16-,17-/m0/s1. The van der Waals surface area contributed by atoms with Gasteiger partial charge in [0.25, 0.3) is 5.91 Å². The number of fused-ring (bicyclic) bond motifs is 1. The number of imidazole rings is 1. The van der Waals surface area contributed by atoms with Gasteiger partial charge in [0.15, 0.2) is 0 Å². The molecule has 0 spiro atoms. The first-order valence-electron chi connectivity index (χ1n) is 8.86. The number of hydrogen-bond donors (Lipinski definition) is 1. The summed E-state index contributed by atoms with van der Waals surface area (Å²) < 4.78 is 7.84. The van der Waals surface area contributed by atoms with E-state index in [4.69, 9.17) is 21.3 Å². The number of nitrogens with zero attached hydrogens (tertiary/aromatic N) is 4. The van der Waals surface area contributed by atoms with Crippen molar-refractivity contribution in [3.63, 3.8) is 0 Å². The number of amides is 1. The number of hydrogen-bond acceptors (Lipinski definition) is 5. The Morgan fingerprint density at radius 1 is 1.37 bits per heavy atom. The smallest absolute Gasteiger partial charge is 0.272 e. The summed E-state index contributed by atoms with van der Waals surface area (Å²) in [6.45, 7) is 2.51. The first-order valence-corrected chi connectivity index (χ1v) is 9.24. The Balaban J connectivity index is 1.70. The molecule has 2 aromatic heterocycles. The zero-order valence-corrected chi connectivity index (χ0v) is 15.9. The number of benzene rings is 1. The summed E-state index contributed by atoms with van der Waals surface area (Å²) in [5.74, 6) is 0.431. The zero-order valence-electron chi connectivity index (χ0n) is 15.1. The van der Waals surface area contributed by atoms with Crippen LogP contribution in [-0.4, -0.2) is 38.1 Å². The minimum absolute atomic E-state index is 0.140. The van der Waals surface area contributed by atoms with Gasteiger partial charge < -0.3 is 14.6 Å². The Labute approximate surface area is 161 Å². The Kier molecular flexibility index (Phi) is 4.80. The number of nitrogens with one attached hydrogen (secondary N) is 1. The zero-order chi connectivity index (χ0) is 19.0. The molecule has 3 aromatic rings. The summed E-state index contributed by atoms with van der Waals surface area (Å²) in [7, 11) is 1.93. The van der Waals surface area contributed by atoms with Crippen molar-refractivity contribution in [2.24, 2.45) is 7.05 Å². The van der Waals surface area contributed by atoms with Crippen molar-refractivity contribution in [3.8, 4) is 0 Å². The van der Waals surface area contributed by atoms with Gasteiger partial charge in [0, 0.05) is 24.9 Å². The third-order valence-electron chi connectivity index (χ3n) is 4.79. The average molecular weight is 386 g/mol. The fourth-order valence-electron chi connectivity index (χ4n) is 3.38. The van der Waals surface area contributed by atoms with Crippen molar-refractivity contribution in [3.05, 3.63) is 52.8 Å². The van der Waals surface area contributed by atoms with Crippen LogP contribution in [0.1, 0.15) is 40.9 Å². The summed E-state index contributed by atoms with van der Waals surface area (Å²) >= 11 is 6.11. The van der Waals surface area contributed by atoms with Crippen LogP contribution in [0.2, 0.25) is 5.02 Å². The van der Waals surface area contributed by atoms with E-state index in [2.05, 4.69) is 15.3 Å². The van der Waals surface area contributed by atoms with E-state index in [-0.39, 0.29) is 23.7 Å². The number of carbonyl (C=O) groups is 1. The van der Waals surface area contributed by atoms with E-state index in [9.17, 15) is 4.79 Å². The molecule has 140 valence electrons. The quantitative estimate of drug-likeness (QED) is 0.746. The lowest BCUT2D eigenvalue weighted by atomic mass is 10.1. The molecular formula is C19H20ClN5O2. The fourth-order valence-corrected chi connectivity index (χ4v) is 3.55. The molecule has 4 rings (SSSR count). The number of halogens is 1. The highest BCUT2D eigenvalue weighted by atomic mass is 35.5. The summed E-state index contributed by atoms with van der Waals surface area (Å²) in [6.07, 6.45) is 4.73. The second-order valence-corrected chi connectivity index (χ2v) is 7.14. The van der Waals surface area contributed by atoms with Gasteiger partial charge in [-0.05, 0) is 38.0 Å². The maximum absolute atomic E-state index is 12.7. The van der Waals surface area contributed by atoms with Crippen LogP contribution in [0.5, 0.6) is 0 Å². The summed E-state index contributed by atoms with van der Waals surface area (Å²) in [4.78, 5) is 25.8. The van der Waals surface area contributed by atoms with Crippen molar-refractivity contribution < 1.29 is 9.53 Å². The normalized spacial score (nSPS) is 18.0. The summed E-state index contributed by atoms with van der Waals surface area (Å²) in [5, 5.41) is 3.67. The van der Waals surface area contributed by atoms with Gasteiger partial charge in [-0.15, -0.1) is 0 Å². The van der Waals surface area contributed by atoms with E-state index < -0.39 is 0 Å². The topological polar surface area (TPSA) is 81.9 Å². The second kappa shape index (κ2) is 7.25. The number of carbonyl (C=O) groups excluding carboxylic acids is 1. The van der Waals surface area contributed by atoms with E-state index in [1.807, 2.05) is 36.7 Å². The lowest BCUT2D eigenvalue weighted by Gasteiger charge is -2.23. The van der Waals surface area contributed by atoms with E-state index >= 15 is 0 Å². The lowest BCUT2D eigenvalue weighted by Crippen LogP contribution is -2.38. The predicted octanol–water partition coefficient (Wildman–Crippen LogP) is 2.98. The molecule has 2 atom stereocenters. The molecule has 1 aromatic carbocycles. The van der Waals surface area contributed by atoms with Gasteiger partial charge in [-0.25, -0.2) is 9.97 Å². The molecule has 1 aliphatic rings. The largest absolute Gasteiger partial charge is 0.376 e. The molecule has 7 nitrogen and oxygen atoms in total. The lowest BCUT2D eigenvalue weighted by molar-refractivity contribution is 0.0645. The minimum Gasteiger partial charge on any atom is -0.376 e. The third-order valence-corrected chi connectivity index (χ3v) is 5.03. The van der Waals surface area contributed by atoms with E-state index in [1.165, 1.54) is 6.20 Å². The molecule has 0 bridgehead atoms. The summed E-state index contributed by atoms with van der Waals surface area (Å²) in [5.41, 5.74) is 2.76. The highest BCUT2D eigenvalue weighted by Gasteiger charge is 2.32. The maximum atomic E-state index is 12.7. The van der Waals surface area contributed by atoms with Crippen LogP contribution in [0, 0.1) is 6.92 Å². The van der Waals surface area contributed by atoms with Crippen LogP contribution in [0.4, 0.5) is 0 Å². The van der Waals surface area contributed by atoms with Crippen molar-refractivity contribution in [2.75, 3.05) is 6.61 Å². The van der Waals surface area contributed by atoms with Crippen molar-refractivity contribution in [2.45, 2.75) is 31.9 Å². The van der Waals surface area contributed by atoms with Crippen LogP contribution in [-0.2, 0) is 11.8 Å². The van der Waals surface area contributed by atoms with Gasteiger partial charge in [0.2, 0.25) is 0 Å². The third kappa shape index (κ3) is 3.52. The van der Waals surface area contributed by atoms with Gasteiger partial charge in [-0.2, -0.15) is 0 Å². The molecule has 0 unspecified atom stereocenters. The molecule has 0 radical (unpaired) electrons. The molecule has 8 heteroatoms. The Morgan fingerprint density at radius 2 is 2.22 bits per heavy atom. The minimum atomic E-state index is -0.390. The first-order chi connectivity index (χ1) is 13.0. The average Bonchev–Trinajstić information content (AvgIpc) is 3.28. The van der Waals surface area contributed by atoms with Gasteiger partial charge in [0.05, 0.1) is 29.0 Å². The molecule has 1 fully saturated rings. The van der Waals surface area contributed by atoms with Crippen molar-refractivity contribution >= 4 is 28.5 Å². The number of rotatable bonds is 4. The van der Waals surface area contributed by atoms with Crippen LogP contribution in [0.15, 0.2) is 30.6 Å². The van der Waals surface area contributed by atoms with E-state index in [0.29, 0.717) is 11.6 Å². The van der Waals surface area contributed by atoms with Crippen molar-refractivity contribution in [1.29, 1.82) is 0 Å². The van der Waals surface area contributed by atoms with E-state index in [1.54, 1.807) is 6.20 Å². The van der Waals surface area contributed by atoms with Crippen LogP contribution >= 0.6 is 11.6 Å². The molecule has 1 saturated heterocycles. The Hall–Kier alpha value is -2.51. The van der Waals surface area contributed by atoms with Crippen LogP contribution < -0.4 is 5.32 Å². The number of aryl methyl sites for hydroxylation is 2.